The standard InChI is InChI=1S/C13H25N3O/c1-6-16(7-2)12(17)10-15(5)9-8-13(3,4)11-14/h6-10H2,1-5H3. The molecule has 0 unspecified atom stereocenters. The molecule has 0 saturated carbocycles. The van der Waals surface area contributed by atoms with E-state index in [1.165, 1.54) is 0 Å². The average Bonchev–Trinajstić information content (AvgIpc) is 2.28. The summed E-state index contributed by atoms with van der Waals surface area (Å²) in [5.74, 6) is 0.160. The lowest BCUT2D eigenvalue weighted by molar-refractivity contribution is -0.131. The Kier molecular flexibility index (Phi) is 6.82. The van der Waals surface area contributed by atoms with Gasteiger partial charge in [0.25, 0.3) is 0 Å². The maximum atomic E-state index is 11.8. The molecule has 0 spiro atoms. The van der Waals surface area contributed by atoms with E-state index < -0.39 is 0 Å². The summed E-state index contributed by atoms with van der Waals surface area (Å²) in [7, 11) is 1.93. The van der Waals surface area contributed by atoms with E-state index in [1.54, 1.807) is 0 Å². The topological polar surface area (TPSA) is 47.3 Å². The highest BCUT2D eigenvalue weighted by Crippen LogP contribution is 2.18. The van der Waals surface area contributed by atoms with Gasteiger partial charge in [-0.1, -0.05) is 0 Å². The Morgan fingerprint density at radius 1 is 1.29 bits per heavy atom. The monoisotopic (exact) mass is 239 g/mol. The van der Waals surface area contributed by atoms with Gasteiger partial charge in [-0.05, 0) is 47.7 Å². The molecule has 0 heterocycles. The number of nitriles is 1. The van der Waals surface area contributed by atoms with Gasteiger partial charge in [-0.25, -0.2) is 0 Å². The van der Waals surface area contributed by atoms with Crippen molar-refractivity contribution >= 4 is 5.91 Å². The van der Waals surface area contributed by atoms with Crippen LogP contribution in [0, 0.1) is 16.7 Å². The van der Waals surface area contributed by atoms with Crippen LogP contribution < -0.4 is 0 Å². The van der Waals surface area contributed by atoms with Crippen LogP contribution in [-0.2, 0) is 4.79 Å². The fraction of sp³-hybridized carbons (Fsp3) is 0.846. The third-order valence-electron chi connectivity index (χ3n) is 2.94. The molecule has 0 aliphatic heterocycles. The SMILES string of the molecule is CCN(CC)C(=O)CN(C)CCC(C)(C)C#N. The van der Waals surface area contributed by atoms with Crippen LogP contribution in [0.15, 0.2) is 0 Å². The summed E-state index contributed by atoms with van der Waals surface area (Å²) in [6.45, 7) is 10.5. The molecule has 0 fully saturated rings. The molecular formula is C13H25N3O. The molecule has 4 nitrogen and oxygen atoms in total. The number of amides is 1. The zero-order valence-electron chi connectivity index (χ0n) is 11.8. The first-order valence-electron chi connectivity index (χ1n) is 6.23. The molecule has 0 atom stereocenters. The molecule has 0 aromatic rings. The Bertz CT molecular complexity index is 277. The van der Waals surface area contributed by atoms with Crippen molar-refractivity contribution in [3.63, 3.8) is 0 Å². The van der Waals surface area contributed by atoms with Crippen LogP contribution in [-0.4, -0.2) is 48.9 Å². The summed E-state index contributed by atoms with van der Waals surface area (Å²) < 4.78 is 0. The van der Waals surface area contributed by atoms with Crippen molar-refractivity contribution in [2.75, 3.05) is 33.2 Å². The van der Waals surface area contributed by atoms with Gasteiger partial charge in [0.1, 0.15) is 0 Å². The Morgan fingerprint density at radius 2 is 1.82 bits per heavy atom. The first-order valence-corrected chi connectivity index (χ1v) is 6.23. The Hall–Kier alpha value is -1.08. The number of likely N-dealkylation sites (N-methyl/N-ethyl adjacent to an activating group) is 2. The van der Waals surface area contributed by atoms with Crippen LogP contribution in [0.3, 0.4) is 0 Å². The molecule has 0 N–H and O–H groups in total. The lowest BCUT2D eigenvalue weighted by atomic mass is 9.91. The van der Waals surface area contributed by atoms with Gasteiger partial charge >= 0.3 is 0 Å². The smallest absolute Gasteiger partial charge is 0.236 e. The summed E-state index contributed by atoms with van der Waals surface area (Å²) in [5.41, 5.74) is -0.313. The Labute approximate surface area is 105 Å². The number of carbonyl (C=O) groups excluding carboxylic acids is 1. The molecule has 4 heteroatoms. The van der Waals surface area contributed by atoms with Gasteiger partial charge in [0.2, 0.25) is 5.91 Å². The number of hydrogen-bond acceptors (Lipinski definition) is 3. The van der Waals surface area contributed by atoms with Gasteiger partial charge in [0.15, 0.2) is 0 Å². The van der Waals surface area contributed by atoms with Crippen LogP contribution in [0.5, 0.6) is 0 Å². The normalized spacial score (nSPS) is 11.4. The molecular weight excluding hydrogens is 214 g/mol. The predicted octanol–water partition coefficient (Wildman–Crippen LogP) is 1.73. The fourth-order valence-electron chi connectivity index (χ4n) is 1.51. The number of rotatable bonds is 7. The zero-order valence-corrected chi connectivity index (χ0v) is 11.8. The van der Waals surface area contributed by atoms with Crippen LogP contribution >= 0.6 is 0 Å². The summed E-state index contributed by atoms with van der Waals surface area (Å²) in [4.78, 5) is 15.6. The number of nitrogens with zero attached hydrogens (tertiary/aromatic N) is 3. The number of carbonyl (C=O) groups is 1. The van der Waals surface area contributed by atoms with Crippen molar-refractivity contribution in [3.05, 3.63) is 0 Å². The lowest BCUT2D eigenvalue weighted by Crippen LogP contribution is -2.39. The quantitative estimate of drug-likeness (QED) is 0.679. The van der Waals surface area contributed by atoms with Crippen LogP contribution in [0.25, 0.3) is 0 Å². The third kappa shape index (κ3) is 6.28. The maximum Gasteiger partial charge on any atom is 0.236 e. The van der Waals surface area contributed by atoms with Gasteiger partial charge in [0, 0.05) is 13.1 Å². The molecule has 98 valence electrons. The van der Waals surface area contributed by atoms with Gasteiger partial charge in [0.05, 0.1) is 18.0 Å². The molecule has 0 bridgehead atoms. The molecule has 0 rings (SSSR count). The van der Waals surface area contributed by atoms with Crippen LogP contribution in [0.4, 0.5) is 0 Å². The average molecular weight is 239 g/mol. The van der Waals surface area contributed by atoms with Crippen molar-refractivity contribution < 1.29 is 4.79 Å². The van der Waals surface area contributed by atoms with Crippen molar-refractivity contribution in [2.45, 2.75) is 34.1 Å². The van der Waals surface area contributed by atoms with Crippen molar-refractivity contribution in [3.8, 4) is 6.07 Å². The zero-order chi connectivity index (χ0) is 13.5. The van der Waals surface area contributed by atoms with E-state index in [2.05, 4.69) is 6.07 Å². The largest absolute Gasteiger partial charge is 0.342 e. The van der Waals surface area contributed by atoms with Gasteiger partial charge in [-0.3, -0.25) is 9.69 Å². The first kappa shape index (κ1) is 15.9. The number of hydrogen-bond donors (Lipinski definition) is 0. The third-order valence-corrected chi connectivity index (χ3v) is 2.94. The van der Waals surface area contributed by atoms with Gasteiger partial charge < -0.3 is 4.90 Å². The van der Waals surface area contributed by atoms with E-state index in [9.17, 15) is 4.79 Å². The van der Waals surface area contributed by atoms with E-state index >= 15 is 0 Å². The Morgan fingerprint density at radius 3 is 2.24 bits per heavy atom. The maximum absolute atomic E-state index is 11.8. The fourth-order valence-corrected chi connectivity index (χ4v) is 1.51. The molecule has 1 amide bonds. The van der Waals surface area contributed by atoms with Gasteiger partial charge in [-0.15, -0.1) is 0 Å². The molecule has 0 aromatic carbocycles. The molecule has 0 radical (unpaired) electrons. The lowest BCUT2D eigenvalue weighted by Gasteiger charge is -2.24. The molecule has 0 aromatic heterocycles. The van der Waals surface area contributed by atoms with E-state index in [4.69, 9.17) is 5.26 Å². The highest BCUT2D eigenvalue weighted by Gasteiger charge is 2.18. The summed E-state index contributed by atoms with van der Waals surface area (Å²) in [6.07, 6.45) is 0.783. The minimum atomic E-state index is -0.313. The molecule has 0 aliphatic carbocycles. The molecule has 17 heavy (non-hydrogen) atoms. The van der Waals surface area contributed by atoms with E-state index in [0.717, 1.165) is 26.1 Å². The highest BCUT2D eigenvalue weighted by atomic mass is 16.2. The predicted molar refractivity (Wildman–Crippen MR) is 69.4 cm³/mol. The second-order valence-corrected chi connectivity index (χ2v) is 5.05. The van der Waals surface area contributed by atoms with Crippen molar-refractivity contribution in [2.24, 2.45) is 5.41 Å². The highest BCUT2D eigenvalue weighted by molar-refractivity contribution is 5.78. The van der Waals surface area contributed by atoms with Crippen molar-refractivity contribution in [1.82, 2.24) is 9.80 Å². The summed E-state index contributed by atoms with van der Waals surface area (Å²) in [5, 5.41) is 8.91. The van der Waals surface area contributed by atoms with E-state index in [0.29, 0.717) is 6.54 Å². The van der Waals surface area contributed by atoms with Crippen LogP contribution in [0.1, 0.15) is 34.1 Å². The van der Waals surface area contributed by atoms with Gasteiger partial charge in [-0.2, -0.15) is 5.26 Å². The second-order valence-electron chi connectivity index (χ2n) is 5.05. The van der Waals surface area contributed by atoms with E-state index in [-0.39, 0.29) is 11.3 Å². The first-order chi connectivity index (χ1) is 7.86. The minimum absolute atomic E-state index is 0.160. The minimum Gasteiger partial charge on any atom is -0.342 e. The summed E-state index contributed by atoms with van der Waals surface area (Å²) >= 11 is 0. The molecule has 0 aliphatic rings. The van der Waals surface area contributed by atoms with Crippen LogP contribution in [0.2, 0.25) is 0 Å². The Balaban J connectivity index is 4.07. The second kappa shape index (κ2) is 7.29. The summed E-state index contributed by atoms with van der Waals surface area (Å²) in [6, 6.07) is 2.27. The van der Waals surface area contributed by atoms with E-state index in [1.807, 2.05) is 44.5 Å². The van der Waals surface area contributed by atoms with Crippen molar-refractivity contribution in [1.29, 1.82) is 5.26 Å². The molecule has 0 saturated heterocycles.